The molecule has 128 valence electrons. The summed E-state index contributed by atoms with van der Waals surface area (Å²) in [5.41, 5.74) is 1.74. The van der Waals surface area contributed by atoms with Crippen molar-refractivity contribution < 1.29 is 18.7 Å². The van der Waals surface area contributed by atoms with Crippen molar-refractivity contribution in [2.75, 3.05) is 6.79 Å². The Morgan fingerprint density at radius 3 is 2.88 bits per heavy atom. The summed E-state index contributed by atoms with van der Waals surface area (Å²) < 4.78 is 16.9. The highest BCUT2D eigenvalue weighted by Gasteiger charge is 2.15. The van der Waals surface area contributed by atoms with Gasteiger partial charge in [-0.15, -0.1) is 0 Å². The standard InChI is InChI=1S/C17H13ClN2O5/c18-11-2-3-12-14(6-11)25-17(22)20(12)8-16(21)19-7-10-1-4-13-15(5-10)24-9-23-13/h1-6H,7-9H2,(H,19,21). The lowest BCUT2D eigenvalue weighted by molar-refractivity contribution is -0.121. The molecule has 1 N–H and O–H groups in total. The molecule has 0 saturated heterocycles. The van der Waals surface area contributed by atoms with Crippen LogP contribution < -0.4 is 20.5 Å². The lowest BCUT2D eigenvalue weighted by Gasteiger charge is -2.07. The maximum atomic E-state index is 12.2. The second-order valence-corrected chi connectivity index (χ2v) is 5.97. The predicted octanol–water partition coefficient (Wildman–Crippen LogP) is 2.29. The molecule has 0 bridgehead atoms. The highest BCUT2D eigenvalue weighted by molar-refractivity contribution is 6.31. The molecule has 0 fully saturated rings. The maximum Gasteiger partial charge on any atom is 0.420 e. The van der Waals surface area contributed by atoms with Crippen LogP contribution in [0.3, 0.4) is 0 Å². The van der Waals surface area contributed by atoms with Crippen molar-refractivity contribution in [1.82, 2.24) is 9.88 Å². The second-order valence-electron chi connectivity index (χ2n) is 5.53. The van der Waals surface area contributed by atoms with Crippen LogP contribution in [-0.4, -0.2) is 17.3 Å². The Balaban J connectivity index is 1.46. The Labute approximate surface area is 146 Å². The maximum absolute atomic E-state index is 12.2. The number of carbonyl (C=O) groups excluding carboxylic acids is 1. The Hall–Kier alpha value is -2.93. The molecule has 8 heteroatoms. The van der Waals surface area contributed by atoms with Gasteiger partial charge in [0.15, 0.2) is 17.1 Å². The van der Waals surface area contributed by atoms with Gasteiger partial charge in [0.2, 0.25) is 12.7 Å². The van der Waals surface area contributed by atoms with Gasteiger partial charge in [0, 0.05) is 17.6 Å². The monoisotopic (exact) mass is 360 g/mol. The third-order valence-electron chi connectivity index (χ3n) is 3.86. The van der Waals surface area contributed by atoms with E-state index in [0.717, 1.165) is 5.56 Å². The zero-order chi connectivity index (χ0) is 17.4. The van der Waals surface area contributed by atoms with Gasteiger partial charge in [0.05, 0.1) is 5.52 Å². The van der Waals surface area contributed by atoms with E-state index in [-0.39, 0.29) is 19.2 Å². The molecule has 2 heterocycles. The summed E-state index contributed by atoms with van der Waals surface area (Å²) in [7, 11) is 0. The number of nitrogens with one attached hydrogen (secondary N) is 1. The molecule has 0 saturated carbocycles. The number of halogens is 1. The molecule has 4 rings (SSSR count). The quantitative estimate of drug-likeness (QED) is 0.772. The van der Waals surface area contributed by atoms with E-state index in [1.165, 1.54) is 4.57 Å². The van der Waals surface area contributed by atoms with E-state index in [9.17, 15) is 9.59 Å². The first kappa shape index (κ1) is 15.6. The summed E-state index contributed by atoms with van der Waals surface area (Å²) in [4.78, 5) is 24.1. The van der Waals surface area contributed by atoms with Gasteiger partial charge in [0.1, 0.15) is 6.54 Å². The number of amides is 1. The molecule has 0 unspecified atom stereocenters. The minimum atomic E-state index is -0.601. The molecule has 1 aromatic heterocycles. The average Bonchev–Trinajstić information content (AvgIpc) is 3.17. The average molecular weight is 361 g/mol. The zero-order valence-corrected chi connectivity index (χ0v) is 13.7. The molecule has 2 aromatic carbocycles. The summed E-state index contributed by atoms with van der Waals surface area (Å²) in [5, 5.41) is 3.23. The van der Waals surface area contributed by atoms with Crippen molar-refractivity contribution in [3.63, 3.8) is 0 Å². The van der Waals surface area contributed by atoms with Crippen LogP contribution in [0.25, 0.3) is 11.1 Å². The van der Waals surface area contributed by atoms with Gasteiger partial charge < -0.3 is 19.2 Å². The Morgan fingerprint density at radius 1 is 1.16 bits per heavy atom. The van der Waals surface area contributed by atoms with Crippen LogP contribution in [0, 0.1) is 0 Å². The van der Waals surface area contributed by atoms with E-state index in [1.54, 1.807) is 24.3 Å². The van der Waals surface area contributed by atoms with Crippen LogP contribution in [0.4, 0.5) is 0 Å². The summed E-state index contributed by atoms with van der Waals surface area (Å²) in [6, 6.07) is 10.3. The second kappa shape index (κ2) is 6.18. The van der Waals surface area contributed by atoms with Crippen LogP contribution in [0.1, 0.15) is 5.56 Å². The fraction of sp³-hybridized carbons (Fsp3) is 0.176. The third-order valence-corrected chi connectivity index (χ3v) is 4.09. The number of fused-ring (bicyclic) bond motifs is 2. The lowest BCUT2D eigenvalue weighted by Crippen LogP contribution is -2.30. The van der Waals surface area contributed by atoms with E-state index in [0.29, 0.717) is 34.2 Å². The highest BCUT2D eigenvalue weighted by Crippen LogP contribution is 2.32. The molecule has 0 radical (unpaired) electrons. The molecular formula is C17H13ClN2O5. The first-order valence-electron chi connectivity index (χ1n) is 7.54. The number of hydrogen-bond acceptors (Lipinski definition) is 5. The number of nitrogens with zero attached hydrogens (tertiary/aromatic N) is 1. The van der Waals surface area contributed by atoms with E-state index in [2.05, 4.69) is 5.32 Å². The SMILES string of the molecule is O=C(Cn1c(=O)oc2cc(Cl)ccc21)NCc1ccc2c(c1)OCO2. The number of hydrogen-bond donors (Lipinski definition) is 1. The smallest absolute Gasteiger partial charge is 0.420 e. The van der Waals surface area contributed by atoms with E-state index in [1.807, 2.05) is 12.1 Å². The van der Waals surface area contributed by atoms with Gasteiger partial charge >= 0.3 is 5.76 Å². The first-order valence-corrected chi connectivity index (χ1v) is 7.92. The molecule has 0 aliphatic carbocycles. The van der Waals surface area contributed by atoms with Crippen LogP contribution in [0.2, 0.25) is 5.02 Å². The van der Waals surface area contributed by atoms with Crippen molar-refractivity contribution in [1.29, 1.82) is 0 Å². The molecule has 7 nitrogen and oxygen atoms in total. The fourth-order valence-electron chi connectivity index (χ4n) is 2.64. The molecule has 25 heavy (non-hydrogen) atoms. The number of oxazole rings is 1. The summed E-state index contributed by atoms with van der Waals surface area (Å²) >= 11 is 5.87. The van der Waals surface area contributed by atoms with Crippen LogP contribution in [0.15, 0.2) is 45.6 Å². The highest BCUT2D eigenvalue weighted by atomic mass is 35.5. The largest absolute Gasteiger partial charge is 0.454 e. The van der Waals surface area contributed by atoms with Crippen LogP contribution >= 0.6 is 11.6 Å². The summed E-state index contributed by atoms with van der Waals surface area (Å²) in [6.07, 6.45) is 0. The van der Waals surface area contributed by atoms with E-state index in [4.69, 9.17) is 25.5 Å². The molecule has 0 atom stereocenters. The minimum Gasteiger partial charge on any atom is -0.454 e. The Morgan fingerprint density at radius 2 is 2.00 bits per heavy atom. The molecular weight excluding hydrogens is 348 g/mol. The first-order chi connectivity index (χ1) is 12.1. The van der Waals surface area contributed by atoms with Gasteiger partial charge in [-0.05, 0) is 29.8 Å². The van der Waals surface area contributed by atoms with Crippen LogP contribution in [0.5, 0.6) is 11.5 Å². The Bertz CT molecular complexity index is 1020. The molecule has 0 spiro atoms. The number of ether oxygens (including phenoxy) is 2. The normalized spacial score (nSPS) is 12.5. The van der Waals surface area contributed by atoms with Gasteiger partial charge in [-0.1, -0.05) is 17.7 Å². The number of rotatable bonds is 4. The molecule has 1 aliphatic rings. The zero-order valence-electron chi connectivity index (χ0n) is 13.0. The fourth-order valence-corrected chi connectivity index (χ4v) is 2.80. The number of benzene rings is 2. The molecule has 1 aliphatic heterocycles. The van der Waals surface area contributed by atoms with Gasteiger partial charge in [-0.3, -0.25) is 9.36 Å². The number of carbonyl (C=O) groups is 1. The minimum absolute atomic E-state index is 0.141. The van der Waals surface area contributed by atoms with Crippen LogP contribution in [-0.2, 0) is 17.9 Å². The van der Waals surface area contributed by atoms with E-state index >= 15 is 0 Å². The molecule has 1 amide bonds. The van der Waals surface area contributed by atoms with Gasteiger partial charge in [-0.25, -0.2) is 4.79 Å². The van der Waals surface area contributed by atoms with Crippen molar-refractivity contribution in [2.24, 2.45) is 0 Å². The lowest BCUT2D eigenvalue weighted by atomic mass is 10.2. The Kier molecular flexibility index (Phi) is 3.85. The topological polar surface area (TPSA) is 82.7 Å². The van der Waals surface area contributed by atoms with Crippen molar-refractivity contribution >= 4 is 28.6 Å². The molecule has 3 aromatic rings. The van der Waals surface area contributed by atoms with Crippen molar-refractivity contribution in [3.05, 3.63) is 57.5 Å². The van der Waals surface area contributed by atoms with Crippen molar-refractivity contribution in [3.8, 4) is 11.5 Å². The van der Waals surface area contributed by atoms with Gasteiger partial charge in [0.25, 0.3) is 0 Å². The number of aromatic nitrogens is 1. The third kappa shape index (κ3) is 3.06. The summed E-state index contributed by atoms with van der Waals surface area (Å²) in [6.45, 7) is 0.371. The van der Waals surface area contributed by atoms with Gasteiger partial charge in [-0.2, -0.15) is 0 Å². The summed E-state index contributed by atoms with van der Waals surface area (Å²) in [5.74, 6) is 0.429. The van der Waals surface area contributed by atoms with E-state index < -0.39 is 5.76 Å². The predicted molar refractivity (Wildman–Crippen MR) is 89.9 cm³/mol. The van der Waals surface area contributed by atoms with Crippen molar-refractivity contribution in [2.45, 2.75) is 13.1 Å².